The molecule has 1 aromatic carbocycles. The van der Waals surface area contributed by atoms with E-state index in [0.717, 1.165) is 41.6 Å². The van der Waals surface area contributed by atoms with Crippen molar-refractivity contribution in [1.29, 1.82) is 0 Å². The van der Waals surface area contributed by atoms with Crippen LogP contribution in [-0.2, 0) is 16.1 Å². The second-order valence-corrected chi connectivity index (χ2v) is 8.75. The van der Waals surface area contributed by atoms with Crippen molar-refractivity contribution in [3.63, 3.8) is 0 Å². The lowest BCUT2D eigenvalue weighted by Crippen LogP contribution is -2.56. The topological polar surface area (TPSA) is 74.8 Å². The summed E-state index contributed by atoms with van der Waals surface area (Å²) in [6.45, 7) is 9.06. The largest absolute Gasteiger partial charge is 0.497 e. The summed E-state index contributed by atoms with van der Waals surface area (Å²) in [6, 6.07) is 7.47. The number of benzene rings is 1. The van der Waals surface area contributed by atoms with Gasteiger partial charge in [-0.15, -0.1) is 11.3 Å². The van der Waals surface area contributed by atoms with Crippen LogP contribution in [0.5, 0.6) is 5.75 Å². The summed E-state index contributed by atoms with van der Waals surface area (Å²) in [5.41, 5.74) is 2.13. The van der Waals surface area contributed by atoms with Gasteiger partial charge in [0.1, 0.15) is 16.8 Å². The molecule has 2 amide bonds. The third-order valence-corrected chi connectivity index (χ3v) is 6.19. The Balaban J connectivity index is 1.54. The van der Waals surface area contributed by atoms with Gasteiger partial charge in [0.15, 0.2) is 0 Å². The molecule has 0 radical (unpaired) electrons. The van der Waals surface area contributed by atoms with Crippen LogP contribution in [-0.4, -0.2) is 65.9 Å². The lowest BCUT2D eigenvalue weighted by atomic mass is 10.0. The Labute approximate surface area is 182 Å². The molecular weight excluding hydrogens is 400 g/mol. The predicted octanol–water partition coefficient (Wildman–Crippen LogP) is 2.62. The van der Waals surface area contributed by atoms with Crippen molar-refractivity contribution in [1.82, 2.24) is 20.1 Å². The van der Waals surface area contributed by atoms with Crippen LogP contribution in [0, 0.1) is 5.92 Å². The van der Waals surface area contributed by atoms with Gasteiger partial charge in [-0.3, -0.25) is 14.5 Å². The molecule has 162 valence electrons. The van der Waals surface area contributed by atoms with Crippen molar-refractivity contribution in [2.75, 3.05) is 33.3 Å². The molecule has 1 saturated heterocycles. The maximum absolute atomic E-state index is 12.8. The number of hydrogen-bond acceptors (Lipinski definition) is 6. The van der Waals surface area contributed by atoms with Gasteiger partial charge in [-0.25, -0.2) is 4.98 Å². The van der Waals surface area contributed by atoms with E-state index in [-0.39, 0.29) is 17.7 Å². The number of aromatic nitrogens is 1. The van der Waals surface area contributed by atoms with Crippen LogP contribution in [0.4, 0.5) is 0 Å². The Hall–Kier alpha value is -2.45. The average Bonchev–Trinajstić information content (AvgIpc) is 3.20. The van der Waals surface area contributed by atoms with Crippen LogP contribution in [0.25, 0.3) is 10.6 Å². The number of carbonyl (C=O) groups is 2. The molecule has 1 aliphatic rings. The normalized spacial score (nSPS) is 15.8. The number of thiazole rings is 1. The Kier molecular flexibility index (Phi) is 7.44. The quantitative estimate of drug-likeness (QED) is 0.731. The van der Waals surface area contributed by atoms with Gasteiger partial charge in [0, 0.05) is 50.6 Å². The number of amides is 2. The van der Waals surface area contributed by atoms with Crippen molar-refractivity contribution >= 4 is 23.2 Å². The van der Waals surface area contributed by atoms with E-state index in [1.54, 1.807) is 18.4 Å². The number of carbonyl (C=O) groups excluding carboxylic acids is 2. The standard InChI is InChI=1S/C22H30N4O3S/c1-15(2)20(23-16(3)27)22(28)26-11-9-25(10-12-26)13-18-14-30-21(24-18)17-5-7-19(29-4)8-6-17/h5-8,14-15,20H,9-13H2,1-4H3,(H,23,27)/t20-/m0/s1. The molecule has 0 bridgehead atoms. The summed E-state index contributed by atoms with van der Waals surface area (Å²) in [4.78, 5) is 33.2. The van der Waals surface area contributed by atoms with Crippen LogP contribution < -0.4 is 10.1 Å². The highest BCUT2D eigenvalue weighted by Gasteiger charge is 2.30. The summed E-state index contributed by atoms with van der Waals surface area (Å²) in [6.07, 6.45) is 0. The van der Waals surface area contributed by atoms with Gasteiger partial charge < -0.3 is 15.0 Å². The van der Waals surface area contributed by atoms with Crippen molar-refractivity contribution in [2.24, 2.45) is 5.92 Å². The van der Waals surface area contributed by atoms with E-state index in [1.165, 1.54) is 6.92 Å². The van der Waals surface area contributed by atoms with E-state index in [9.17, 15) is 9.59 Å². The summed E-state index contributed by atoms with van der Waals surface area (Å²) in [5, 5.41) is 5.89. The molecule has 1 aromatic heterocycles. The van der Waals surface area contributed by atoms with Crippen LogP contribution in [0.2, 0.25) is 0 Å². The van der Waals surface area contributed by atoms with E-state index in [2.05, 4.69) is 15.6 Å². The Bertz CT molecular complexity index is 858. The Morgan fingerprint density at radius 1 is 1.17 bits per heavy atom. The van der Waals surface area contributed by atoms with Gasteiger partial charge in [-0.2, -0.15) is 0 Å². The van der Waals surface area contributed by atoms with Crippen LogP contribution in [0.1, 0.15) is 26.5 Å². The molecule has 8 heteroatoms. The molecule has 2 aromatic rings. The van der Waals surface area contributed by atoms with Gasteiger partial charge >= 0.3 is 0 Å². The SMILES string of the molecule is COc1ccc(-c2nc(CN3CCN(C(=O)[C@@H](NC(C)=O)C(C)C)CC3)cs2)cc1. The fourth-order valence-electron chi connectivity index (χ4n) is 3.53. The minimum Gasteiger partial charge on any atom is -0.497 e. The second-order valence-electron chi connectivity index (χ2n) is 7.90. The highest BCUT2D eigenvalue weighted by atomic mass is 32.1. The molecule has 1 atom stereocenters. The molecule has 0 unspecified atom stereocenters. The van der Waals surface area contributed by atoms with Gasteiger partial charge in [0.25, 0.3) is 0 Å². The zero-order chi connectivity index (χ0) is 21.7. The summed E-state index contributed by atoms with van der Waals surface area (Å²) in [5.74, 6) is 0.735. The minimum atomic E-state index is -0.459. The number of methoxy groups -OCH3 is 1. The number of rotatable bonds is 7. The molecule has 0 spiro atoms. The molecule has 1 N–H and O–H groups in total. The minimum absolute atomic E-state index is 0.00954. The number of hydrogen-bond donors (Lipinski definition) is 1. The maximum atomic E-state index is 12.8. The molecule has 3 rings (SSSR count). The number of ether oxygens (including phenoxy) is 1. The maximum Gasteiger partial charge on any atom is 0.245 e. The molecule has 2 heterocycles. The zero-order valence-electron chi connectivity index (χ0n) is 18.1. The lowest BCUT2D eigenvalue weighted by molar-refractivity contribution is -0.138. The number of nitrogens with one attached hydrogen (secondary N) is 1. The van der Waals surface area contributed by atoms with Crippen molar-refractivity contribution in [2.45, 2.75) is 33.4 Å². The van der Waals surface area contributed by atoms with Gasteiger partial charge in [0.2, 0.25) is 11.8 Å². The van der Waals surface area contributed by atoms with E-state index >= 15 is 0 Å². The monoisotopic (exact) mass is 430 g/mol. The summed E-state index contributed by atoms with van der Waals surface area (Å²) < 4.78 is 5.21. The molecule has 1 aliphatic heterocycles. The first-order chi connectivity index (χ1) is 14.4. The van der Waals surface area contributed by atoms with Crippen LogP contribution in [0.15, 0.2) is 29.6 Å². The van der Waals surface area contributed by atoms with Crippen LogP contribution >= 0.6 is 11.3 Å². The number of piperazine rings is 1. The molecule has 30 heavy (non-hydrogen) atoms. The fraction of sp³-hybridized carbons (Fsp3) is 0.500. The molecule has 7 nitrogen and oxygen atoms in total. The van der Waals surface area contributed by atoms with Gasteiger partial charge in [-0.05, 0) is 30.2 Å². The highest BCUT2D eigenvalue weighted by Crippen LogP contribution is 2.26. The predicted molar refractivity (Wildman–Crippen MR) is 118 cm³/mol. The number of nitrogens with zero attached hydrogens (tertiary/aromatic N) is 3. The second kappa shape index (κ2) is 10.0. The van der Waals surface area contributed by atoms with Crippen molar-refractivity contribution in [3.05, 3.63) is 35.3 Å². The van der Waals surface area contributed by atoms with E-state index in [4.69, 9.17) is 9.72 Å². The smallest absolute Gasteiger partial charge is 0.245 e. The van der Waals surface area contributed by atoms with Crippen LogP contribution in [0.3, 0.4) is 0 Å². The first-order valence-electron chi connectivity index (χ1n) is 10.2. The van der Waals surface area contributed by atoms with E-state index in [0.29, 0.717) is 13.1 Å². The van der Waals surface area contributed by atoms with E-state index < -0.39 is 6.04 Å². The first-order valence-corrected chi connectivity index (χ1v) is 11.1. The van der Waals surface area contributed by atoms with E-state index in [1.807, 2.05) is 43.0 Å². The Morgan fingerprint density at radius 2 is 1.83 bits per heavy atom. The zero-order valence-corrected chi connectivity index (χ0v) is 18.9. The van der Waals surface area contributed by atoms with Gasteiger partial charge in [-0.1, -0.05) is 13.8 Å². The first kappa shape index (κ1) is 22.2. The third kappa shape index (κ3) is 5.58. The fourth-order valence-corrected chi connectivity index (χ4v) is 4.35. The molecule has 0 aliphatic carbocycles. The molecular formula is C22H30N4O3S. The highest BCUT2D eigenvalue weighted by molar-refractivity contribution is 7.13. The lowest BCUT2D eigenvalue weighted by Gasteiger charge is -2.37. The van der Waals surface area contributed by atoms with Crippen molar-refractivity contribution in [3.8, 4) is 16.3 Å². The van der Waals surface area contributed by atoms with Gasteiger partial charge in [0.05, 0.1) is 12.8 Å². The third-order valence-electron chi connectivity index (χ3n) is 5.25. The average molecular weight is 431 g/mol. The van der Waals surface area contributed by atoms with Crippen molar-refractivity contribution < 1.29 is 14.3 Å². The Morgan fingerprint density at radius 3 is 2.40 bits per heavy atom. The summed E-state index contributed by atoms with van der Waals surface area (Å²) >= 11 is 1.64. The molecule has 0 saturated carbocycles. The summed E-state index contributed by atoms with van der Waals surface area (Å²) in [7, 11) is 1.66. The molecule has 1 fully saturated rings.